The Balaban J connectivity index is 2.21. The molecule has 1 aromatic carbocycles. The van der Waals surface area contributed by atoms with Crippen LogP contribution in [0.1, 0.15) is 39.2 Å². The van der Waals surface area contributed by atoms with Crippen molar-refractivity contribution in [3.63, 3.8) is 0 Å². The lowest BCUT2D eigenvalue weighted by Crippen LogP contribution is -2.45. The van der Waals surface area contributed by atoms with E-state index in [0.29, 0.717) is 12.8 Å². The summed E-state index contributed by atoms with van der Waals surface area (Å²) in [5, 5.41) is 2.34. The molecule has 0 unspecified atom stereocenters. The van der Waals surface area contributed by atoms with Crippen molar-refractivity contribution in [1.82, 2.24) is 5.32 Å². The summed E-state index contributed by atoms with van der Waals surface area (Å²) in [7, 11) is 0. The third-order valence-corrected chi connectivity index (χ3v) is 3.30. The Hall–Kier alpha value is -1.84. The molecule has 4 nitrogen and oxygen atoms in total. The fourth-order valence-corrected chi connectivity index (χ4v) is 2.43. The van der Waals surface area contributed by atoms with Crippen molar-refractivity contribution in [3.05, 3.63) is 29.8 Å². The summed E-state index contributed by atoms with van der Waals surface area (Å²) >= 11 is 0. The molecule has 1 fully saturated rings. The number of hydrogen-bond donors (Lipinski definition) is 1. The first-order valence-corrected chi connectivity index (χ1v) is 6.49. The summed E-state index contributed by atoms with van der Waals surface area (Å²) in [5.74, 6) is 0.386. The second-order valence-corrected chi connectivity index (χ2v) is 5.58. The SMILES string of the molecule is CC(C)Oc1ccc(C2(C)CC(=O)NC(=O)C2)cc1. The molecule has 0 atom stereocenters. The van der Waals surface area contributed by atoms with Gasteiger partial charge in [-0.15, -0.1) is 0 Å². The molecule has 0 saturated carbocycles. The molecule has 0 aliphatic carbocycles. The van der Waals surface area contributed by atoms with Gasteiger partial charge in [0.25, 0.3) is 0 Å². The maximum absolute atomic E-state index is 11.5. The lowest BCUT2D eigenvalue weighted by atomic mass is 9.74. The van der Waals surface area contributed by atoms with Gasteiger partial charge in [-0.3, -0.25) is 14.9 Å². The minimum absolute atomic E-state index is 0.128. The highest BCUT2D eigenvalue weighted by atomic mass is 16.5. The predicted molar refractivity (Wildman–Crippen MR) is 71.9 cm³/mol. The third kappa shape index (κ3) is 3.13. The fourth-order valence-electron chi connectivity index (χ4n) is 2.43. The topological polar surface area (TPSA) is 55.4 Å². The lowest BCUT2D eigenvalue weighted by Gasteiger charge is -2.32. The Bertz CT molecular complexity index is 475. The number of carbonyl (C=O) groups is 2. The summed E-state index contributed by atoms with van der Waals surface area (Å²) in [5.41, 5.74) is 0.572. The van der Waals surface area contributed by atoms with E-state index in [4.69, 9.17) is 4.74 Å². The van der Waals surface area contributed by atoms with E-state index in [-0.39, 0.29) is 17.9 Å². The Kier molecular flexibility index (Phi) is 3.60. The van der Waals surface area contributed by atoms with Gasteiger partial charge in [-0.2, -0.15) is 0 Å². The standard InChI is InChI=1S/C15H19NO3/c1-10(2)19-12-6-4-11(5-7-12)15(3)8-13(17)16-14(18)9-15/h4-7,10H,8-9H2,1-3H3,(H,16,17,18). The average molecular weight is 261 g/mol. The van der Waals surface area contributed by atoms with Crippen molar-refractivity contribution in [2.75, 3.05) is 0 Å². The lowest BCUT2D eigenvalue weighted by molar-refractivity contribution is -0.135. The molecule has 0 spiro atoms. The zero-order valence-corrected chi connectivity index (χ0v) is 11.5. The van der Waals surface area contributed by atoms with E-state index in [1.807, 2.05) is 45.0 Å². The highest BCUT2D eigenvalue weighted by Crippen LogP contribution is 2.34. The summed E-state index contributed by atoms with van der Waals surface area (Å²) in [4.78, 5) is 23.0. The van der Waals surface area contributed by atoms with Gasteiger partial charge in [0.05, 0.1) is 6.10 Å². The second kappa shape index (κ2) is 5.03. The number of benzene rings is 1. The first kappa shape index (κ1) is 13.6. The van der Waals surface area contributed by atoms with Crippen LogP contribution < -0.4 is 10.1 Å². The summed E-state index contributed by atoms with van der Waals surface area (Å²) < 4.78 is 5.59. The van der Waals surface area contributed by atoms with E-state index in [1.165, 1.54) is 0 Å². The Labute approximate surface area is 113 Å². The highest BCUT2D eigenvalue weighted by molar-refractivity contribution is 5.99. The first-order valence-electron chi connectivity index (χ1n) is 6.49. The number of piperidine rings is 1. The largest absolute Gasteiger partial charge is 0.491 e. The molecule has 1 aromatic rings. The molecule has 1 saturated heterocycles. The van der Waals surface area contributed by atoms with Gasteiger partial charge in [0.1, 0.15) is 5.75 Å². The van der Waals surface area contributed by atoms with Gasteiger partial charge in [0.15, 0.2) is 0 Å². The van der Waals surface area contributed by atoms with E-state index in [0.717, 1.165) is 11.3 Å². The number of nitrogens with one attached hydrogen (secondary N) is 1. The molecule has 0 aromatic heterocycles. The van der Waals surface area contributed by atoms with Crippen LogP contribution in [-0.4, -0.2) is 17.9 Å². The predicted octanol–water partition coefficient (Wildman–Crippen LogP) is 2.17. The molecule has 0 radical (unpaired) electrons. The zero-order chi connectivity index (χ0) is 14.0. The Morgan fingerprint density at radius 3 is 2.11 bits per heavy atom. The van der Waals surface area contributed by atoms with Crippen molar-refractivity contribution in [2.45, 2.75) is 45.1 Å². The monoisotopic (exact) mass is 261 g/mol. The van der Waals surface area contributed by atoms with Gasteiger partial charge in [0.2, 0.25) is 11.8 Å². The fraction of sp³-hybridized carbons (Fsp3) is 0.467. The van der Waals surface area contributed by atoms with E-state index < -0.39 is 5.41 Å². The first-order chi connectivity index (χ1) is 8.89. The van der Waals surface area contributed by atoms with Crippen LogP contribution in [0, 0.1) is 0 Å². The maximum atomic E-state index is 11.5. The number of rotatable bonds is 3. The summed E-state index contributed by atoms with van der Waals surface area (Å²) in [6.07, 6.45) is 0.801. The second-order valence-electron chi connectivity index (χ2n) is 5.58. The van der Waals surface area contributed by atoms with Crippen LogP contribution in [0.5, 0.6) is 5.75 Å². The Morgan fingerprint density at radius 1 is 1.11 bits per heavy atom. The number of carbonyl (C=O) groups excluding carboxylic acids is 2. The van der Waals surface area contributed by atoms with Gasteiger partial charge in [-0.05, 0) is 31.5 Å². The number of imide groups is 1. The highest BCUT2D eigenvalue weighted by Gasteiger charge is 2.36. The molecular weight excluding hydrogens is 242 g/mol. The third-order valence-electron chi connectivity index (χ3n) is 3.30. The summed E-state index contributed by atoms with van der Waals surface area (Å²) in [6.45, 7) is 5.89. The van der Waals surface area contributed by atoms with Crippen molar-refractivity contribution in [3.8, 4) is 5.75 Å². The average Bonchev–Trinajstić information content (AvgIpc) is 2.26. The quantitative estimate of drug-likeness (QED) is 0.848. The van der Waals surface area contributed by atoms with E-state index >= 15 is 0 Å². The minimum Gasteiger partial charge on any atom is -0.491 e. The van der Waals surface area contributed by atoms with Crippen molar-refractivity contribution < 1.29 is 14.3 Å². The molecule has 2 rings (SSSR count). The zero-order valence-electron chi connectivity index (χ0n) is 11.5. The van der Waals surface area contributed by atoms with E-state index in [9.17, 15) is 9.59 Å². The Morgan fingerprint density at radius 2 is 1.63 bits per heavy atom. The molecule has 19 heavy (non-hydrogen) atoms. The number of hydrogen-bond acceptors (Lipinski definition) is 3. The van der Waals surface area contributed by atoms with Crippen LogP contribution in [-0.2, 0) is 15.0 Å². The molecular formula is C15H19NO3. The molecule has 0 bridgehead atoms. The molecule has 2 amide bonds. The van der Waals surface area contributed by atoms with Crippen molar-refractivity contribution in [2.24, 2.45) is 0 Å². The molecule has 4 heteroatoms. The molecule has 1 heterocycles. The van der Waals surface area contributed by atoms with E-state index in [2.05, 4.69) is 5.32 Å². The van der Waals surface area contributed by atoms with Crippen LogP contribution in [0.2, 0.25) is 0 Å². The molecule has 1 N–H and O–H groups in total. The van der Waals surface area contributed by atoms with E-state index in [1.54, 1.807) is 0 Å². The van der Waals surface area contributed by atoms with Gasteiger partial charge in [0, 0.05) is 18.3 Å². The molecule has 102 valence electrons. The normalized spacial score (nSPS) is 18.3. The number of ether oxygens (including phenoxy) is 1. The van der Waals surface area contributed by atoms with Crippen LogP contribution in [0.3, 0.4) is 0 Å². The molecule has 1 aliphatic heterocycles. The van der Waals surface area contributed by atoms with Crippen molar-refractivity contribution in [1.29, 1.82) is 0 Å². The maximum Gasteiger partial charge on any atom is 0.227 e. The number of amides is 2. The van der Waals surface area contributed by atoms with Gasteiger partial charge in [-0.1, -0.05) is 19.1 Å². The van der Waals surface area contributed by atoms with Crippen LogP contribution in [0.4, 0.5) is 0 Å². The van der Waals surface area contributed by atoms with Gasteiger partial charge < -0.3 is 4.74 Å². The summed E-state index contributed by atoms with van der Waals surface area (Å²) in [6, 6.07) is 7.64. The van der Waals surface area contributed by atoms with Crippen LogP contribution in [0.15, 0.2) is 24.3 Å². The van der Waals surface area contributed by atoms with Gasteiger partial charge in [-0.25, -0.2) is 0 Å². The van der Waals surface area contributed by atoms with Crippen molar-refractivity contribution >= 4 is 11.8 Å². The van der Waals surface area contributed by atoms with Crippen LogP contribution in [0.25, 0.3) is 0 Å². The van der Waals surface area contributed by atoms with Crippen LogP contribution >= 0.6 is 0 Å². The van der Waals surface area contributed by atoms with Gasteiger partial charge >= 0.3 is 0 Å². The minimum atomic E-state index is -0.421. The smallest absolute Gasteiger partial charge is 0.227 e. The molecule has 1 aliphatic rings.